The molecule has 2 rings (SSSR count). The summed E-state index contributed by atoms with van der Waals surface area (Å²) >= 11 is 0. The van der Waals surface area contributed by atoms with Gasteiger partial charge in [-0.15, -0.1) is 0 Å². The van der Waals surface area contributed by atoms with E-state index in [1.807, 2.05) is 55.5 Å². The number of aliphatic carboxylic acids is 1. The molecule has 2 aromatic carbocycles. The zero-order valence-electron chi connectivity index (χ0n) is 13.8. The van der Waals surface area contributed by atoms with Gasteiger partial charge in [0, 0.05) is 11.5 Å². The van der Waals surface area contributed by atoms with Crippen LogP contribution in [0.1, 0.15) is 48.8 Å². The molecule has 122 valence electrons. The molecule has 3 heteroatoms. The van der Waals surface area contributed by atoms with Gasteiger partial charge in [-0.2, -0.15) is 0 Å². The number of aryl methyl sites for hydroxylation is 1. The summed E-state index contributed by atoms with van der Waals surface area (Å²) < 4.78 is 5.92. The summed E-state index contributed by atoms with van der Waals surface area (Å²) in [5.74, 6) is -0.218. The number of carboxylic acid groups (broad SMARTS) is 1. The molecule has 0 radical (unpaired) electrons. The van der Waals surface area contributed by atoms with E-state index in [4.69, 9.17) is 4.74 Å². The summed E-state index contributed by atoms with van der Waals surface area (Å²) in [6.07, 6.45) is 2.11. The fourth-order valence-corrected chi connectivity index (χ4v) is 2.67. The lowest BCUT2D eigenvalue weighted by molar-refractivity contribution is -0.137. The molecule has 0 bridgehead atoms. The molecule has 1 atom stereocenters. The third-order valence-electron chi connectivity index (χ3n) is 3.88. The molecule has 0 fully saturated rings. The van der Waals surface area contributed by atoms with Gasteiger partial charge in [-0.25, -0.2) is 0 Å². The molecule has 1 N–H and O–H groups in total. The first-order valence-electron chi connectivity index (χ1n) is 8.12. The molecule has 0 amide bonds. The zero-order valence-corrected chi connectivity index (χ0v) is 13.8. The van der Waals surface area contributed by atoms with Crippen LogP contribution < -0.4 is 4.74 Å². The second-order valence-corrected chi connectivity index (χ2v) is 5.80. The summed E-state index contributed by atoms with van der Waals surface area (Å²) in [5.41, 5.74) is 3.06. The predicted molar refractivity (Wildman–Crippen MR) is 92.1 cm³/mol. The van der Waals surface area contributed by atoms with Crippen molar-refractivity contribution in [3.05, 3.63) is 65.2 Å². The third-order valence-corrected chi connectivity index (χ3v) is 3.88. The summed E-state index contributed by atoms with van der Waals surface area (Å²) in [6, 6.07) is 15.8. The van der Waals surface area contributed by atoms with Gasteiger partial charge < -0.3 is 9.84 Å². The van der Waals surface area contributed by atoms with Crippen LogP contribution in [0.3, 0.4) is 0 Å². The van der Waals surface area contributed by atoms with E-state index in [1.165, 1.54) is 0 Å². The number of hydrogen-bond donors (Lipinski definition) is 1. The van der Waals surface area contributed by atoms with Crippen molar-refractivity contribution >= 4 is 5.97 Å². The second-order valence-electron chi connectivity index (χ2n) is 5.80. The number of benzene rings is 2. The summed E-state index contributed by atoms with van der Waals surface area (Å²) in [5, 5.41) is 9.34. The van der Waals surface area contributed by atoms with Crippen LogP contribution in [0.25, 0.3) is 0 Å². The minimum atomic E-state index is -0.806. The molecule has 2 aromatic rings. The lowest BCUT2D eigenvalue weighted by Gasteiger charge is -2.20. The van der Waals surface area contributed by atoms with Gasteiger partial charge >= 0.3 is 5.97 Å². The molecule has 0 aliphatic carbocycles. The van der Waals surface area contributed by atoms with Crippen LogP contribution in [0.15, 0.2) is 48.5 Å². The van der Waals surface area contributed by atoms with E-state index in [-0.39, 0.29) is 12.3 Å². The van der Waals surface area contributed by atoms with Crippen molar-refractivity contribution in [1.82, 2.24) is 0 Å². The Hall–Kier alpha value is -2.29. The zero-order chi connectivity index (χ0) is 16.7. The first-order chi connectivity index (χ1) is 11.1. The van der Waals surface area contributed by atoms with E-state index in [0.29, 0.717) is 6.61 Å². The Morgan fingerprint density at radius 3 is 2.57 bits per heavy atom. The number of ether oxygens (including phenoxy) is 1. The Labute approximate surface area is 137 Å². The van der Waals surface area contributed by atoms with Gasteiger partial charge in [-0.1, -0.05) is 61.4 Å². The molecule has 0 aliphatic rings. The Balaban J connectivity index is 2.40. The highest BCUT2D eigenvalue weighted by atomic mass is 16.5. The molecule has 0 aromatic heterocycles. The first kappa shape index (κ1) is 17.1. The number of hydrogen-bond acceptors (Lipinski definition) is 2. The van der Waals surface area contributed by atoms with Crippen molar-refractivity contribution in [2.75, 3.05) is 6.61 Å². The SMILES string of the molecule is CCCCOc1ccc(C)cc1C(CC(=O)O)c1ccccc1. The van der Waals surface area contributed by atoms with Crippen LogP contribution in [-0.4, -0.2) is 17.7 Å². The molecule has 23 heavy (non-hydrogen) atoms. The smallest absolute Gasteiger partial charge is 0.304 e. The lowest BCUT2D eigenvalue weighted by atomic mass is 9.87. The molecule has 0 saturated heterocycles. The standard InChI is InChI=1S/C20H24O3/c1-3-4-12-23-19-11-10-15(2)13-18(19)17(14-20(21)22)16-8-6-5-7-9-16/h5-11,13,17H,3-4,12,14H2,1-2H3,(H,21,22). The third kappa shape index (κ3) is 4.85. The van der Waals surface area contributed by atoms with E-state index < -0.39 is 5.97 Å². The topological polar surface area (TPSA) is 46.5 Å². The van der Waals surface area contributed by atoms with Crippen LogP contribution in [-0.2, 0) is 4.79 Å². The lowest BCUT2D eigenvalue weighted by Crippen LogP contribution is -2.10. The highest BCUT2D eigenvalue weighted by Crippen LogP contribution is 2.35. The number of unbranched alkanes of at least 4 members (excludes halogenated alkanes) is 1. The molecule has 0 heterocycles. The molecule has 0 saturated carbocycles. The van der Waals surface area contributed by atoms with E-state index >= 15 is 0 Å². The normalized spacial score (nSPS) is 11.9. The summed E-state index contributed by atoms with van der Waals surface area (Å²) in [7, 11) is 0. The van der Waals surface area contributed by atoms with Crippen molar-refractivity contribution < 1.29 is 14.6 Å². The van der Waals surface area contributed by atoms with Crippen LogP contribution >= 0.6 is 0 Å². The van der Waals surface area contributed by atoms with Crippen molar-refractivity contribution in [1.29, 1.82) is 0 Å². The van der Waals surface area contributed by atoms with Gasteiger partial charge in [-0.3, -0.25) is 4.79 Å². The number of carboxylic acids is 1. The second kappa shape index (κ2) is 8.37. The molecule has 0 aliphatic heterocycles. The van der Waals surface area contributed by atoms with E-state index in [2.05, 4.69) is 6.92 Å². The van der Waals surface area contributed by atoms with Crippen LogP contribution in [0.2, 0.25) is 0 Å². The van der Waals surface area contributed by atoms with Gasteiger partial charge in [0.1, 0.15) is 5.75 Å². The fraction of sp³-hybridized carbons (Fsp3) is 0.350. The van der Waals surface area contributed by atoms with E-state index in [0.717, 1.165) is 35.3 Å². The Morgan fingerprint density at radius 1 is 1.17 bits per heavy atom. The van der Waals surface area contributed by atoms with Gasteiger partial charge in [0.05, 0.1) is 13.0 Å². The van der Waals surface area contributed by atoms with Crippen LogP contribution in [0, 0.1) is 6.92 Å². The van der Waals surface area contributed by atoms with E-state index in [9.17, 15) is 9.90 Å². The monoisotopic (exact) mass is 312 g/mol. The maximum absolute atomic E-state index is 11.4. The fourth-order valence-electron chi connectivity index (χ4n) is 2.67. The summed E-state index contributed by atoms with van der Waals surface area (Å²) in [6.45, 7) is 4.79. The van der Waals surface area contributed by atoms with Crippen molar-refractivity contribution in [2.45, 2.75) is 39.0 Å². The summed E-state index contributed by atoms with van der Waals surface area (Å²) in [4.78, 5) is 11.4. The van der Waals surface area contributed by atoms with Crippen LogP contribution in [0.4, 0.5) is 0 Å². The number of rotatable bonds is 8. The Morgan fingerprint density at radius 2 is 1.91 bits per heavy atom. The van der Waals surface area contributed by atoms with Crippen LogP contribution in [0.5, 0.6) is 5.75 Å². The van der Waals surface area contributed by atoms with Gasteiger partial charge in [0.2, 0.25) is 0 Å². The van der Waals surface area contributed by atoms with Gasteiger partial charge in [0.25, 0.3) is 0 Å². The van der Waals surface area contributed by atoms with Gasteiger partial charge in [-0.05, 0) is 25.0 Å². The van der Waals surface area contributed by atoms with Crippen molar-refractivity contribution in [2.24, 2.45) is 0 Å². The van der Waals surface area contributed by atoms with Crippen molar-refractivity contribution in [3.8, 4) is 5.75 Å². The maximum Gasteiger partial charge on any atom is 0.304 e. The average molecular weight is 312 g/mol. The maximum atomic E-state index is 11.4. The molecule has 3 nitrogen and oxygen atoms in total. The highest BCUT2D eigenvalue weighted by Gasteiger charge is 2.21. The van der Waals surface area contributed by atoms with E-state index in [1.54, 1.807) is 0 Å². The quantitative estimate of drug-likeness (QED) is 0.713. The molecule has 0 spiro atoms. The molecule has 1 unspecified atom stereocenters. The largest absolute Gasteiger partial charge is 0.493 e. The Kier molecular flexibility index (Phi) is 6.21. The number of carbonyl (C=O) groups is 1. The predicted octanol–water partition coefficient (Wildman–Crippen LogP) is 4.78. The van der Waals surface area contributed by atoms with Gasteiger partial charge in [0.15, 0.2) is 0 Å². The minimum absolute atomic E-state index is 0.0532. The average Bonchev–Trinajstić information content (AvgIpc) is 2.55. The first-order valence-corrected chi connectivity index (χ1v) is 8.12. The molecular formula is C20H24O3. The minimum Gasteiger partial charge on any atom is -0.493 e. The molecular weight excluding hydrogens is 288 g/mol. The van der Waals surface area contributed by atoms with Crippen molar-refractivity contribution in [3.63, 3.8) is 0 Å². The highest BCUT2D eigenvalue weighted by molar-refractivity contribution is 5.69. The Bertz CT molecular complexity index is 635.